The highest BCUT2D eigenvalue weighted by molar-refractivity contribution is 7.92. The average molecular weight is 507 g/mol. The Bertz CT molecular complexity index is 1430. The first kappa shape index (κ1) is 24.5. The average Bonchev–Trinajstić information content (AvgIpc) is 2.97. The third kappa shape index (κ3) is 3.87. The van der Waals surface area contributed by atoms with Gasteiger partial charge in [-0.05, 0) is 61.9 Å². The SMILES string of the molecule is CNc1cccc2nccc(CN3C(=O)N(c4ccc(S(=O)(=O)C(F)(F)F)cc4)C(=O)C3(C)C)c12. The smallest absolute Gasteiger partial charge is 0.388 e. The molecule has 0 bridgehead atoms. The minimum atomic E-state index is -5.56. The summed E-state index contributed by atoms with van der Waals surface area (Å²) < 4.78 is 61.8. The van der Waals surface area contributed by atoms with Crippen molar-refractivity contribution in [2.75, 3.05) is 17.3 Å². The molecule has 1 aliphatic heterocycles. The van der Waals surface area contributed by atoms with Crippen LogP contribution in [0.15, 0.2) is 59.6 Å². The van der Waals surface area contributed by atoms with E-state index in [1.165, 1.54) is 4.90 Å². The van der Waals surface area contributed by atoms with Crippen LogP contribution in [0.5, 0.6) is 0 Å². The van der Waals surface area contributed by atoms with Crippen molar-refractivity contribution in [1.82, 2.24) is 9.88 Å². The maximum Gasteiger partial charge on any atom is 0.501 e. The molecule has 4 rings (SSSR count). The Morgan fingerprint density at radius 1 is 1.03 bits per heavy atom. The second kappa shape index (κ2) is 8.22. The van der Waals surface area contributed by atoms with E-state index in [0.717, 1.165) is 45.8 Å². The van der Waals surface area contributed by atoms with Crippen LogP contribution in [0.2, 0.25) is 0 Å². The number of carbonyl (C=O) groups excluding carboxylic acids is 2. The van der Waals surface area contributed by atoms with Crippen molar-refractivity contribution >= 4 is 44.1 Å². The number of rotatable bonds is 5. The molecule has 1 saturated heterocycles. The largest absolute Gasteiger partial charge is 0.501 e. The van der Waals surface area contributed by atoms with Gasteiger partial charge in [0.1, 0.15) is 5.54 Å². The summed E-state index contributed by atoms with van der Waals surface area (Å²) in [5, 5.41) is 3.87. The van der Waals surface area contributed by atoms with Crippen LogP contribution in [0.1, 0.15) is 19.4 Å². The Kier molecular flexibility index (Phi) is 5.75. The van der Waals surface area contributed by atoms with Gasteiger partial charge in [-0.15, -0.1) is 0 Å². The first-order valence-corrected chi connectivity index (χ1v) is 11.9. The van der Waals surface area contributed by atoms with Gasteiger partial charge in [0.15, 0.2) is 0 Å². The summed E-state index contributed by atoms with van der Waals surface area (Å²) in [6.07, 6.45) is 1.60. The number of aromatic nitrogens is 1. The van der Waals surface area contributed by atoms with Gasteiger partial charge in [0.05, 0.1) is 16.1 Å². The molecule has 12 heteroatoms. The second-order valence-corrected chi connectivity index (χ2v) is 10.4. The van der Waals surface area contributed by atoms with Crippen molar-refractivity contribution in [3.63, 3.8) is 0 Å². The third-order valence-corrected chi connectivity index (χ3v) is 7.49. The summed E-state index contributed by atoms with van der Waals surface area (Å²) in [5.41, 5.74) is -4.55. The minimum absolute atomic E-state index is 0.0350. The summed E-state index contributed by atoms with van der Waals surface area (Å²) in [7, 11) is -3.80. The van der Waals surface area contributed by atoms with Crippen LogP contribution < -0.4 is 10.2 Å². The topological polar surface area (TPSA) is 99.7 Å². The number of benzene rings is 2. The summed E-state index contributed by atoms with van der Waals surface area (Å²) in [4.78, 5) is 32.1. The number of imide groups is 1. The first-order chi connectivity index (χ1) is 16.3. The van der Waals surface area contributed by atoms with E-state index in [1.54, 1.807) is 33.2 Å². The molecule has 1 fully saturated rings. The Morgan fingerprint density at radius 2 is 1.69 bits per heavy atom. The fourth-order valence-corrected chi connectivity index (χ4v) is 4.78. The molecule has 0 atom stereocenters. The number of carbonyl (C=O) groups is 2. The normalized spacial score (nSPS) is 16.3. The predicted molar refractivity (Wildman–Crippen MR) is 123 cm³/mol. The lowest BCUT2D eigenvalue weighted by Gasteiger charge is -2.28. The quantitative estimate of drug-likeness (QED) is 0.518. The molecular formula is C23H21F3N4O4S. The number of anilines is 2. The molecule has 3 amide bonds. The molecule has 0 spiro atoms. The monoisotopic (exact) mass is 506 g/mol. The lowest BCUT2D eigenvalue weighted by Crippen LogP contribution is -2.43. The van der Waals surface area contributed by atoms with Gasteiger partial charge in [0.25, 0.3) is 15.7 Å². The number of alkyl halides is 3. The standard InChI is InChI=1S/C23H21F3N4O4S/c1-22(2)20(31)30(15-7-9-16(10-8-15)35(33,34)23(24,25)26)21(32)29(22)13-14-11-12-28-18-6-4-5-17(27-3)19(14)18/h4-12,27H,13H2,1-3H3. The van der Waals surface area contributed by atoms with Gasteiger partial charge < -0.3 is 10.2 Å². The highest BCUT2D eigenvalue weighted by Gasteiger charge is 2.52. The summed E-state index contributed by atoms with van der Waals surface area (Å²) in [5.74, 6) is -0.596. The maximum absolute atomic E-state index is 13.4. The highest BCUT2D eigenvalue weighted by Crippen LogP contribution is 2.37. The van der Waals surface area contributed by atoms with Crippen LogP contribution in [0.25, 0.3) is 10.9 Å². The Balaban J connectivity index is 1.71. The first-order valence-electron chi connectivity index (χ1n) is 10.4. The van der Waals surface area contributed by atoms with Gasteiger partial charge in [0, 0.05) is 30.9 Å². The van der Waals surface area contributed by atoms with Crippen LogP contribution in [0.4, 0.5) is 29.3 Å². The predicted octanol–water partition coefficient (Wildman–Crippen LogP) is 4.32. The minimum Gasteiger partial charge on any atom is -0.388 e. The van der Waals surface area contributed by atoms with Crippen LogP contribution in [0, 0.1) is 0 Å². The fraction of sp³-hybridized carbons (Fsp3) is 0.261. The second-order valence-electron chi connectivity index (χ2n) is 8.43. The Morgan fingerprint density at radius 3 is 2.29 bits per heavy atom. The number of urea groups is 1. The lowest BCUT2D eigenvalue weighted by molar-refractivity contribution is -0.123. The van der Waals surface area contributed by atoms with Crippen LogP contribution in [-0.4, -0.2) is 48.3 Å². The van der Waals surface area contributed by atoms with Gasteiger partial charge in [-0.3, -0.25) is 9.78 Å². The van der Waals surface area contributed by atoms with E-state index >= 15 is 0 Å². The number of pyridine rings is 1. The number of nitrogens with one attached hydrogen (secondary N) is 1. The zero-order valence-corrected chi connectivity index (χ0v) is 19.7. The van der Waals surface area contributed by atoms with Crippen molar-refractivity contribution in [3.8, 4) is 0 Å². The summed E-state index contributed by atoms with van der Waals surface area (Å²) in [6, 6.07) is 10.1. The number of halogens is 3. The zero-order chi connectivity index (χ0) is 25.8. The Hall–Kier alpha value is -3.67. The van der Waals surface area contributed by atoms with Crippen molar-refractivity contribution < 1.29 is 31.2 Å². The van der Waals surface area contributed by atoms with Crippen LogP contribution >= 0.6 is 0 Å². The van der Waals surface area contributed by atoms with E-state index in [2.05, 4.69) is 10.3 Å². The molecule has 1 N–H and O–H groups in total. The fourth-order valence-electron chi connectivity index (χ4n) is 4.02. The molecule has 1 aliphatic rings. The Labute approximate surface area is 199 Å². The van der Waals surface area contributed by atoms with Crippen molar-refractivity contribution in [2.45, 2.75) is 36.3 Å². The van der Waals surface area contributed by atoms with Crippen molar-refractivity contribution in [2.24, 2.45) is 0 Å². The van der Waals surface area contributed by atoms with E-state index in [-0.39, 0.29) is 12.2 Å². The third-order valence-electron chi connectivity index (χ3n) is 5.98. The molecule has 0 aliphatic carbocycles. The number of fused-ring (bicyclic) bond motifs is 1. The maximum atomic E-state index is 13.4. The highest BCUT2D eigenvalue weighted by atomic mass is 32.2. The van der Waals surface area contributed by atoms with E-state index in [4.69, 9.17) is 0 Å². The number of amides is 3. The molecule has 8 nitrogen and oxygen atoms in total. The summed E-state index contributed by atoms with van der Waals surface area (Å²) in [6.45, 7) is 3.20. The van der Waals surface area contributed by atoms with Gasteiger partial charge in [-0.1, -0.05) is 6.07 Å². The van der Waals surface area contributed by atoms with Gasteiger partial charge in [-0.25, -0.2) is 18.1 Å². The number of nitrogens with zero attached hydrogens (tertiary/aromatic N) is 3. The van der Waals surface area contributed by atoms with E-state index in [9.17, 15) is 31.2 Å². The van der Waals surface area contributed by atoms with E-state index in [1.807, 2.05) is 18.2 Å². The molecule has 1 aromatic heterocycles. The molecule has 0 unspecified atom stereocenters. The van der Waals surface area contributed by atoms with E-state index in [0.29, 0.717) is 5.52 Å². The van der Waals surface area contributed by atoms with Crippen LogP contribution in [-0.2, 0) is 21.2 Å². The van der Waals surface area contributed by atoms with Crippen molar-refractivity contribution in [1.29, 1.82) is 0 Å². The zero-order valence-electron chi connectivity index (χ0n) is 18.9. The molecule has 35 heavy (non-hydrogen) atoms. The van der Waals surface area contributed by atoms with Crippen molar-refractivity contribution in [3.05, 3.63) is 60.3 Å². The van der Waals surface area contributed by atoms with Crippen LogP contribution in [0.3, 0.4) is 0 Å². The molecular weight excluding hydrogens is 485 g/mol. The number of hydrogen-bond acceptors (Lipinski definition) is 6. The number of hydrogen-bond donors (Lipinski definition) is 1. The van der Waals surface area contributed by atoms with Gasteiger partial charge in [-0.2, -0.15) is 13.2 Å². The molecule has 2 heterocycles. The summed E-state index contributed by atoms with van der Waals surface area (Å²) >= 11 is 0. The van der Waals surface area contributed by atoms with E-state index < -0.39 is 37.7 Å². The molecule has 3 aromatic rings. The lowest BCUT2D eigenvalue weighted by atomic mass is 10.0. The molecule has 0 saturated carbocycles. The molecule has 2 aromatic carbocycles. The van der Waals surface area contributed by atoms with Gasteiger partial charge >= 0.3 is 11.5 Å². The van der Waals surface area contributed by atoms with Gasteiger partial charge in [0.2, 0.25) is 0 Å². The molecule has 0 radical (unpaired) electrons. The number of sulfone groups is 1. The molecule has 184 valence electrons.